The number of nitrogens with zero attached hydrogens (tertiary/aromatic N) is 2. The van der Waals surface area contributed by atoms with Gasteiger partial charge in [-0.2, -0.15) is 5.26 Å². The Hall–Kier alpha value is -0.660. The zero-order valence-corrected chi connectivity index (χ0v) is 32.6. The average molecular weight is 757 g/mol. The molecule has 0 aliphatic rings. The Labute approximate surface area is 303 Å². The Balaban J connectivity index is 3.96. The number of thioether (sulfide) groups is 4. The molecule has 0 rings (SSSR count). The quantitative estimate of drug-likeness (QED) is 0.0298. The van der Waals surface area contributed by atoms with Gasteiger partial charge in [0.1, 0.15) is 25.0 Å². The van der Waals surface area contributed by atoms with Crippen molar-refractivity contribution in [1.82, 2.24) is 0 Å². The third kappa shape index (κ3) is 24.5. The van der Waals surface area contributed by atoms with E-state index in [4.69, 9.17) is 59.4 Å². The molecule has 0 amide bonds. The van der Waals surface area contributed by atoms with Gasteiger partial charge in [0.15, 0.2) is 12.6 Å². The van der Waals surface area contributed by atoms with E-state index in [0.29, 0.717) is 19.9 Å². The van der Waals surface area contributed by atoms with Crippen molar-refractivity contribution >= 4 is 90.5 Å². The molecule has 4 unspecified atom stereocenters. The highest BCUT2D eigenvalue weighted by Crippen LogP contribution is 2.37. The number of carbonyl (C=O) groups is 2. The van der Waals surface area contributed by atoms with Crippen LogP contribution in [0.1, 0.15) is 80.1 Å². The van der Waals surface area contributed by atoms with Gasteiger partial charge in [-0.05, 0) is 63.3 Å². The first kappa shape index (κ1) is 45.3. The predicted molar refractivity (Wildman–Crippen MR) is 198 cm³/mol. The van der Waals surface area contributed by atoms with Crippen LogP contribution < -0.4 is 0 Å². The lowest BCUT2D eigenvalue weighted by atomic mass is 10.1. The van der Waals surface area contributed by atoms with Gasteiger partial charge in [-0.1, -0.05) is 50.0 Å². The Morgan fingerprint density at radius 3 is 1.61 bits per heavy atom. The van der Waals surface area contributed by atoms with Gasteiger partial charge in [-0.25, -0.2) is 6.57 Å². The molecule has 10 nitrogen and oxygen atoms in total. The summed E-state index contributed by atoms with van der Waals surface area (Å²) in [5.41, 5.74) is 0. The summed E-state index contributed by atoms with van der Waals surface area (Å²) in [6.07, 6.45) is 1.85. The third-order valence-electron chi connectivity index (χ3n) is 5.72. The van der Waals surface area contributed by atoms with Crippen LogP contribution in [0.3, 0.4) is 0 Å². The van der Waals surface area contributed by atoms with E-state index in [1.807, 2.05) is 0 Å². The van der Waals surface area contributed by atoms with Crippen molar-refractivity contribution < 1.29 is 38.0 Å². The lowest BCUT2D eigenvalue weighted by molar-refractivity contribution is -0.179. The van der Waals surface area contributed by atoms with E-state index < -0.39 is 34.1 Å². The summed E-state index contributed by atoms with van der Waals surface area (Å²) in [5.74, 6) is 1.02. The Kier molecular flexibility index (Phi) is 26.8. The van der Waals surface area contributed by atoms with Crippen LogP contribution in [0.5, 0.6) is 0 Å². The summed E-state index contributed by atoms with van der Waals surface area (Å²) >= 11 is 16.4. The first-order valence-corrected chi connectivity index (χ1v) is 19.5. The molecule has 0 aromatic heterocycles. The van der Waals surface area contributed by atoms with Gasteiger partial charge in [0, 0.05) is 19.8 Å². The maximum atomic E-state index is 12.1. The molecule has 0 saturated carbocycles. The zero-order chi connectivity index (χ0) is 34.8. The number of carbonyl (C=O) groups excluding carboxylic acids is 2. The molecule has 0 aliphatic carbocycles. The summed E-state index contributed by atoms with van der Waals surface area (Å²) in [6, 6.07) is 2.25. The van der Waals surface area contributed by atoms with Gasteiger partial charge in [-0.15, -0.1) is 23.5 Å². The first-order chi connectivity index (χ1) is 21.8. The summed E-state index contributed by atoms with van der Waals surface area (Å²) in [4.78, 5) is 27.1. The first-order valence-electron chi connectivity index (χ1n) is 15.1. The maximum absolute atomic E-state index is 12.1. The number of hydrogen-bond acceptors (Lipinski definition) is 15. The normalized spacial score (nSPS) is 15.0. The standard InChI is InChI=1S/C30H48N2O8S6/c1-8-20-43-27(41)45-29(5,22-31)12-10-25(33)39-18-16-37-23(3)35-14-15-36-24(4)38-17-19-40-26(34)11-13-30(6,32-7)46-28(42)44-21-9-2/h23-24H,8-21H2,1-6H3. The Morgan fingerprint density at radius 1 is 0.783 bits per heavy atom. The summed E-state index contributed by atoms with van der Waals surface area (Å²) < 4.78 is 33.2. The second-order valence-corrected chi connectivity index (χ2v) is 17.7. The molecule has 0 radical (unpaired) electrons. The van der Waals surface area contributed by atoms with Gasteiger partial charge in [-0.3, -0.25) is 14.4 Å². The topological polar surface area (TPSA) is 118 Å². The van der Waals surface area contributed by atoms with Gasteiger partial charge in [0.25, 0.3) is 4.87 Å². The molecule has 0 bridgehead atoms. The SMILES string of the molecule is [C-]#[N+]C(C)(CCC(=O)OCCOC(C)OCCOC(C)OCCOC(=O)CCC(C)(C#N)SC(=S)SCCC)SC(=S)SCCC. The van der Waals surface area contributed by atoms with E-state index in [-0.39, 0.29) is 52.5 Å². The molecule has 0 saturated heterocycles. The van der Waals surface area contributed by atoms with Crippen LogP contribution in [0.4, 0.5) is 0 Å². The van der Waals surface area contributed by atoms with E-state index >= 15 is 0 Å². The second-order valence-electron chi connectivity index (χ2n) is 10.1. The van der Waals surface area contributed by atoms with E-state index in [0.717, 1.165) is 24.3 Å². The van der Waals surface area contributed by atoms with E-state index in [9.17, 15) is 14.9 Å². The second kappa shape index (κ2) is 27.2. The predicted octanol–water partition coefficient (Wildman–Crippen LogP) is 7.63. The summed E-state index contributed by atoms with van der Waals surface area (Å²) in [7, 11) is 0. The molecule has 262 valence electrons. The van der Waals surface area contributed by atoms with Crippen LogP contribution in [-0.4, -0.2) is 92.3 Å². The van der Waals surface area contributed by atoms with E-state index in [2.05, 4.69) is 24.8 Å². The number of hydrogen-bond donors (Lipinski definition) is 0. The molecule has 4 atom stereocenters. The van der Waals surface area contributed by atoms with Crippen molar-refractivity contribution in [2.24, 2.45) is 0 Å². The van der Waals surface area contributed by atoms with E-state index in [1.165, 1.54) is 23.5 Å². The van der Waals surface area contributed by atoms with Crippen LogP contribution in [-0.2, 0) is 38.0 Å². The van der Waals surface area contributed by atoms with Crippen LogP contribution >= 0.6 is 71.5 Å². The van der Waals surface area contributed by atoms with E-state index in [1.54, 1.807) is 51.2 Å². The van der Waals surface area contributed by atoms with Gasteiger partial charge in [0.05, 0.1) is 38.9 Å². The number of nitriles is 1. The van der Waals surface area contributed by atoms with Crippen LogP contribution in [0.15, 0.2) is 0 Å². The average Bonchev–Trinajstić information content (AvgIpc) is 3.03. The molecule has 0 spiro atoms. The minimum absolute atomic E-state index is 0.0732. The third-order valence-corrected chi connectivity index (χ3v) is 11.6. The molecular formula is C30H48N2O8S6. The highest BCUT2D eigenvalue weighted by Gasteiger charge is 2.34. The smallest absolute Gasteiger partial charge is 0.306 e. The van der Waals surface area contributed by atoms with Gasteiger partial charge < -0.3 is 28.4 Å². The van der Waals surface area contributed by atoms with Crippen molar-refractivity contribution in [3.63, 3.8) is 0 Å². The highest BCUT2D eigenvalue weighted by atomic mass is 32.2. The fourth-order valence-electron chi connectivity index (χ4n) is 3.14. The number of thiocarbonyl (C=S) groups is 2. The number of rotatable bonds is 25. The zero-order valence-electron chi connectivity index (χ0n) is 27.7. The summed E-state index contributed by atoms with van der Waals surface area (Å²) in [5, 5.41) is 9.54. The molecule has 16 heteroatoms. The van der Waals surface area contributed by atoms with Gasteiger partial charge >= 0.3 is 11.9 Å². The Morgan fingerprint density at radius 2 is 1.20 bits per heavy atom. The summed E-state index contributed by atoms with van der Waals surface area (Å²) in [6.45, 7) is 19.6. The number of esters is 2. The fourth-order valence-corrected chi connectivity index (χ4v) is 8.76. The molecule has 0 heterocycles. The molecule has 46 heavy (non-hydrogen) atoms. The van der Waals surface area contributed by atoms with Crippen LogP contribution in [0.2, 0.25) is 0 Å². The monoisotopic (exact) mass is 756 g/mol. The Bertz CT molecular complexity index is 933. The van der Waals surface area contributed by atoms with Crippen molar-refractivity contribution in [1.29, 1.82) is 5.26 Å². The molecule has 0 aromatic rings. The van der Waals surface area contributed by atoms with Crippen LogP contribution in [0.25, 0.3) is 4.85 Å². The van der Waals surface area contributed by atoms with Gasteiger partial charge in [0.2, 0.25) is 0 Å². The van der Waals surface area contributed by atoms with Crippen molar-refractivity contribution in [2.45, 2.75) is 102 Å². The van der Waals surface area contributed by atoms with Crippen LogP contribution in [0, 0.1) is 17.9 Å². The molecule has 0 N–H and O–H groups in total. The maximum Gasteiger partial charge on any atom is 0.306 e. The molecule has 0 aliphatic heterocycles. The lowest BCUT2D eigenvalue weighted by Gasteiger charge is -2.20. The largest absolute Gasteiger partial charge is 0.463 e. The van der Waals surface area contributed by atoms with Crippen molar-refractivity contribution in [3.8, 4) is 6.07 Å². The molecule has 0 aromatic carbocycles. The fraction of sp³-hybridized carbons (Fsp3) is 0.800. The molecular weight excluding hydrogens is 709 g/mol. The lowest BCUT2D eigenvalue weighted by Crippen LogP contribution is -2.23. The van der Waals surface area contributed by atoms with Crippen molar-refractivity contribution in [3.05, 3.63) is 11.4 Å². The molecule has 0 fully saturated rings. The number of ether oxygens (including phenoxy) is 6. The minimum atomic E-state index is -0.795. The van der Waals surface area contributed by atoms with Crippen molar-refractivity contribution in [2.75, 3.05) is 51.1 Å². The minimum Gasteiger partial charge on any atom is -0.463 e. The highest BCUT2D eigenvalue weighted by molar-refractivity contribution is 8.48.